The first-order chi connectivity index (χ1) is 7.81. The van der Waals surface area contributed by atoms with Crippen LogP contribution in [0.1, 0.15) is 28.8 Å². The predicted octanol–water partition coefficient (Wildman–Crippen LogP) is 2.16. The Morgan fingerprint density at radius 1 is 1.24 bits per heavy atom. The molecule has 0 saturated carbocycles. The molecule has 1 heterocycles. The number of halogens is 1. The van der Waals surface area contributed by atoms with Crippen molar-refractivity contribution in [3.8, 4) is 6.07 Å². The number of hydrogen-bond donors (Lipinski definition) is 1. The normalized spacial score (nSPS) is 15.7. The molecule has 1 saturated heterocycles. The van der Waals surface area contributed by atoms with Gasteiger partial charge in [-0.15, -0.1) is 12.4 Å². The SMILES string of the molecule is Cl.N#Cc1ccc(C(=O)C2CCNCC2)cc1. The van der Waals surface area contributed by atoms with Crippen molar-refractivity contribution in [3.05, 3.63) is 35.4 Å². The first kappa shape index (κ1) is 13.7. The summed E-state index contributed by atoms with van der Waals surface area (Å²) in [5.74, 6) is 0.361. The summed E-state index contributed by atoms with van der Waals surface area (Å²) >= 11 is 0. The second-order valence-electron chi connectivity index (χ2n) is 4.08. The number of nitriles is 1. The van der Waals surface area contributed by atoms with E-state index in [1.807, 2.05) is 0 Å². The molecular weight excluding hydrogens is 236 g/mol. The van der Waals surface area contributed by atoms with Gasteiger partial charge in [0.25, 0.3) is 0 Å². The summed E-state index contributed by atoms with van der Waals surface area (Å²) in [6.45, 7) is 1.85. The molecule has 0 aromatic heterocycles. The van der Waals surface area contributed by atoms with Crippen molar-refractivity contribution in [2.24, 2.45) is 5.92 Å². The number of rotatable bonds is 2. The predicted molar refractivity (Wildman–Crippen MR) is 68.3 cm³/mol. The molecule has 3 nitrogen and oxygen atoms in total. The van der Waals surface area contributed by atoms with Crippen molar-refractivity contribution < 1.29 is 4.79 Å². The van der Waals surface area contributed by atoms with Gasteiger partial charge in [-0.1, -0.05) is 12.1 Å². The minimum atomic E-state index is 0. The molecule has 0 bridgehead atoms. The van der Waals surface area contributed by atoms with Crippen molar-refractivity contribution in [2.45, 2.75) is 12.8 Å². The average molecular weight is 251 g/mol. The highest BCUT2D eigenvalue weighted by Crippen LogP contribution is 2.18. The Morgan fingerprint density at radius 3 is 2.35 bits per heavy atom. The van der Waals surface area contributed by atoms with Crippen LogP contribution in [0.25, 0.3) is 0 Å². The number of benzene rings is 1. The fourth-order valence-electron chi connectivity index (χ4n) is 2.03. The number of Topliss-reactive ketones (excluding diaryl/α,β-unsaturated/α-hetero) is 1. The molecule has 0 radical (unpaired) electrons. The number of ketones is 1. The summed E-state index contributed by atoms with van der Waals surface area (Å²) in [6.07, 6.45) is 1.83. The maximum atomic E-state index is 12.1. The van der Waals surface area contributed by atoms with Crippen LogP contribution in [0.2, 0.25) is 0 Å². The number of piperidine rings is 1. The van der Waals surface area contributed by atoms with E-state index in [2.05, 4.69) is 11.4 Å². The van der Waals surface area contributed by atoms with Crippen LogP contribution in [-0.2, 0) is 0 Å². The van der Waals surface area contributed by atoms with E-state index in [0.29, 0.717) is 5.56 Å². The van der Waals surface area contributed by atoms with Crippen LogP contribution in [0.15, 0.2) is 24.3 Å². The molecule has 0 aliphatic carbocycles. The minimum Gasteiger partial charge on any atom is -0.317 e. The van der Waals surface area contributed by atoms with Gasteiger partial charge in [0.1, 0.15) is 0 Å². The number of hydrogen-bond acceptors (Lipinski definition) is 3. The largest absolute Gasteiger partial charge is 0.317 e. The summed E-state index contributed by atoms with van der Waals surface area (Å²) in [5.41, 5.74) is 1.33. The first-order valence-electron chi connectivity index (χ1n) is 5.56. The van der Waals surface area contributed by atoms with Crippen molar-refractivity contribution in [1.82, 2.24) is 5.32 Å². The highest BCUT2D eigenvalue weighted by Gasteiger charge is 2.21. The molecule has 0 spiro atoms. The Morgan fingerprint density at radius 2 is 1.82 bits per heavy atom. The molecular formula is C13H15ClN2O. The summed E-state index contributed by atoms with van der Waals surface area (Å²) in [4.78, 5) is 12.1. The Bertz CT molecular complexity index is 416. The number of carbonyl (C=O) groups excluding carboxylic acids is 1. The van der Waals surface area contributed by atoms with E-state index in [1.54, 1.807) is 24.3 Å². The Balaban J connectivity index is 0.00000144. The lowest BCUT2D eigenvalue weighted by molar-refractivity contribution is 0.0895. The first-order valence-corrected chi connectivity index (χ1v) is 5.56. The van der Waals surface area contributed by atoms with Gasteiger partial charge in [-0.05, 0) is 38.1 Å². The Labute approximate surface area is 107 Å². The summed E-state index contributed by atoms with van der Waals surface area (Å²) in [6, 6.07) is 8.96. The van der Waals surface area contributed by atoms with Crippen LogP contribution in [0, 0.1) is 17.2 Å². The number of nitrogens with zero attached hydrogens (tertiary/aromatic N) is 1. The van der Waals surface area contributed by atoms with E-state index in [-0.39, 0.29) is 24.1 Å². The van der Waals surface area contributed by atoms with Gasteiger partial charge < -0.3 is 5.32 Å². The summed E-state index contributed by atoms with van der Waals surface area (Å²) in [7, 11) is 0. The van der Waals surface area contributed by atoms with Gasteiger partial charge in [0.15, 0.2) is 5.78 Å². The fraction of sp³-hybridized carbons (Fsp3) is 0.385. The van der Waals surface area contributed by atoms with Crippen LogP contribution >= 0.6 is 12.4 Å². The second-order valence-corrected chi connectivity index (χ2v) is 4.08. The third kappa shape index (κ3) is 3.29. The standard InChI is InChI=1S/C13H14N2O.ClH/c14-9-10-1-3-11(4-2-10)13(16)12-5-7-15-8-6-12;/h1-4,12,15H,5-8H2;1H. The Kier molecular flexibility index (Phi) is 5.14. The molecule has 1 aliphatic heterocycles. The van der Waals surface area contributed by atoms with Crippen LogP contribution in [-0.4, -0.2) is 18.9 Å². The van der Waals surface area contributed by atoms with Gasteiger partial charge in [0.05, 0.1) is 11.6 Å². The maximum absolute atomic E-state index is 12.1. The molecule has 1 aliphatic rings. The van der Waals surface area contributed by atoms with Gasteiger partial charge in [-0.3, -0.25) is 4.79 Å². The van der Waals surface area contributed by atoms with E-state index in [1.165, 1.54) is 0 Å². The van der Waals surface area contributed by atoms with E-state index in [4.69, 9.17) is 5.26 Å². The molecule has 17 heavy (non-hydrogen) atoms. The fourth-order valence-corrected chi connectivity index (χ4v) is 2.03. The van der Waals surface area contributed by atoms with Crippen molar-refractivity contribution in [3.63, 3.8) is 0 Å². The number of nitrogens with one attached hydrogen (secondary N) is 1. The van der Waals surface area contributed by atoms with Gasteiger partial charge in [-0.25, -0.2) is 0 Å². The third-order valence-corrected chi connectivity index (χ3v) is 3.01. The molecule has 0 unspecified atom stereocenters. The smallest absolute Gasteiger partial charge is 0.166 e. The highest BCUT2D eigenvalue weighted by molar-refractivity contribution is 5.98. The molecule has 1 N–H and O–H groups in total. The molecule has 1 aromatic carbocycles. The monoisotopic (exact) mass is 250 g/mol. The lowest BCUT2D eigenvalue weighted by Crippen LogP contribution is -2.31. The van der Waals surface area contributed by atoms with Crippen LogP contribution < -0.4 is 5.32 Å². The van der Waals surface area contributed by atoms with E-state index < -0.39 is 0 Å². The lowest BCUT2D eigenvalue weighted by atomic mass is 9.89. The van der Waals surface area contributed by atoms with Crippen LogP contribution in [0.4, 0.5) is 0 Å². The molecule has 0 atom stereocenters. The molecule has 2 rings (SSSR count). The van der Waals surface area contributed by atoms with E-state index >= 15 is 0 Å². The molecule has 1 fully saturated rings. The molecule has 0 amide bonds. The van der Waals surface area contributed by atoms with Crippen molar-refractivity contribution in [2.75, 3.05) is 13.1 Å². The molecule has 4 heteroatoms. The zero-order valence-corrected chi connectivity index (χ0v) is 10.3. The second kappa shape index (κ2) is 6.39. The molecule has 1 aromatic rings. The zero-order valence-electron chi connectivity index (χ0n) is 9.48. The minimum absolute atomic E-state index is 0. The summed E-state index contributed by atoms with van der Waals surface area (Å²) in [5, 5.41) is 11.9. The summed E-state index contributed by atoms with van der Waals surface area (Å²) < 4.78 is 0. The van der Waals surface area contributed by atoms with Gasteiger partial charge in [-0.2, -0.15) is 5.26 Å². The maximum Gasteiger partial charge on any atom is 0.166 e. The van der Waals surface area contributed by atoms with Crippen molar-refractivity contribution >= 4 is 18.2 Å². The van der Waals surface area contributed by atoms with Gasteiger partial charge in [0, 0.05) is 11.5 Å². The zero-order chi connectivity index (χ0) is 11.4. The van der Waals surface area contributed by atoms with Gasteiger partial charge in [0.2, 0.25) is 0 Å². The quantitative estimate of drug-likeness (QED) is 0.819. The van der Waals surface area contributed by atoms with E-state index in [0.717, 1.165) is 31.5 Å². The topological polar surface area (TPSA) is 52.9 Å². The van der Waals surface area contributed by atoms with Crippen LogP contribution in [0.5, 0.6) is 0 Å². The van der Waals surface area contributed by atoms with Gasteiger partial charge >= 0.3 is 0 Å². The lowest BCUT2D eigenvalue weighted by Gasteiger charge is -2.21. The van der Waals surface area contributed by atoms with Crippen LogP contribution in [0.3, 0.4) is 0 Å². The molecule has 90 valence electrons. The highest BCUT2D eigenvalue weighted by atomic mass is 35.5. The van der Waals surface area contributed by atoms with E-state index in [9.17, 15) is 4.79 Å². The third-order valence-electron chi connectivity index (χ3n) is 3.01. The average Bonchev–Trinajstić information content (AvgIpc) is 2.39. The van der Waals surface area contributed by atoms with Crippen molar-refractivity contribution in [1.29, 1.82) is 5.26 Å². The number of carbonyl (C=O) groups is 1. The Hall–Kier alpha value is -1.37.